The zero-order valence-corrected chi connectivity index (χ0v) is 19.5. The Hall–Kier alpha value is -2.94. The third-order valence-corrected chi connectivity index (χ3v) is 6.81. The van der Waals surface area contributed by atoms with E-state index in [9.17, 15) is 13.2 Å². The number of nitrogens with one attached hydrogen (secondary N) is 1. The Morgan fingerprint density at radius 2 is 1.69 bits per heavy atom. The summed E-state index contributed by atoms with van der Waals surface area (Å²) in [7, 11) is -1.28. The summed E-state index contributed by atoms with van der Waals surface area (Å²) in [5.74, 6) is 0.0183. The van der Waals surface area contributed by atoms with Gasteiger partial charge in [-0.1, -0.05) is 41.4 Å². The number of sulfonamides is 1. The number of ether oxygens (including phenoxy) is 2. The minimum atomic E-state index is -4.14. The molecule has 0 bridgehead atoms. The minimum absolute atomic E-state index is 0.0125. The molecule has 1 amide bonds. The zero-order chi connectivity index (χ0) is 23.3. The van der Waals surface area contributed by atoms with Crippen LogP contribution in [0.15, 0.2) is 71.6 Å². The minimum Gasteiger partial charge on any atom is -0.497 e. The molecule has 168 valence electrons. The molecule has 0 aromatic heterocycles. The summed E-state index contributed by atoms with van der Waals surface area (Å²) < 4.78 is 38.6. The number of halogens is 2. The molecule has 0 unspecified atom stereocenters. The van der Waals surface area contributed by atoms with Gasteiger partial charge in [-0.3, -0.25) is 9.10 Å². The molecule has 3 rings (SSSR count). The van der Waals surface area contributed by atoms with Crippen molar-refractivity contribution in [3.8, 4) is 11.5 Å². The summed E-state index contributed by atoms with van der Waals surface area (Å²) in [6.07, 6.45) is 0. The van der Waals surface area contributed by atoms with Crippen LogP contribution in [0, 0.1) is 0 Å². The van der Waals surface area contributed by atoms with Gasteiger partial charge in [-0.05, 0) is 42.5 Å². The SMILES string of the molecule is COc1ccc(OC)c(N(CC(=O)Nc2cc(Cl)ccc2Cl)S(=O)(=O)c2ccccc2)c1. The maximum atomic E-state index is 13.5. The Balaban J connectivity index is 2.05. The standard InChI is InChI=1S/C22H20Cl2N2O5S/c1-30-16-9-11-21(31-2)20(13-16)26(32(28,29)17-6-4-3-5-7-17)14-22(27)25-19-12-15(23)8-10-18(19)24/h3-13H,14H2,1-2H3,(H,25,27). The molecular weight excluding hydrogens is 475 g/mol. The Kier molecular flexibility index (Phi) is 7.50. The average molecular weight is 495 g/mol. The lowest BCUT2D eigenvalue weighted by molar-refractivity contribution is -0.114. The number of nitrogens with zero attached hydrogens (tertiary/aromatic N) is 1. The first-order valence-corrected chi connectivity index (χ1v) is 11.5. The molecule has 0 spiro atoms. The Bertz CT molecular complexity index is 1220. The van der Waals surface area contributed by atoms with Crippen LogP contribution in [0.4, 0.5) is 11.4 Å². The van der Waals surface area contributed by atoms with Gasteiger partial charge in [0.1, 0.15) is 18.0 Å². The van der Waals surface area contributed by atoms with Crippen LogP contribution in [0.25, 0.3) is 0 Å². The van der Waals surface area contributed by atoms with E-state index in [0.717, 1.165) is 4.31 Å². The molecule has 0 aliphatic carbocycles. The Morgan fingerprint density at radius 1 is 0.969 bits per heavy atom. The van der Waals surface area contributed by atoms with Gasteiger partial charge >= 0.3 is 0 Å². The summed E-state index contributed by atoms with van der Waals surface area (Å²) in [5, 5.41) is 3.24. The summed E-state index contributed by atoms with van der Waals surface area (Å²) in [5.41, 5.74) is 0.405. The molecular formula is C22H20Cl2N2O5S. The van der Waals surface area contributed by atoms with E-state index in [2.05, 4.69) is 5.32 Å². The van der Waals surface area contributed by atoms with Crippen molar-refractivity contribution in [2.75, 3.05) is 30.4 Å². The van der Waals surface area contributed by atoms with Crippen LogP contribution in [0.5, 0.6) is 11.5 Å². The predicted molar refractivity (Wildman–Crippen MR) is 126 cm³/mol. The summed E-state index contributed by atoms with van der Waals surface area (Å²) in [4.78, 5) is 12.9. The molecule has 0 fully saturated rings. The molecule has 0 saturated heterocycles. The van der Waals surface area contributed by atoms with Crippen molar-refractivity contribution in [3.05, 3.63) is 76.8 Å². The highest BCUT2D eigenvalue weighted by molar-refractivity contribution is 7.92. The fraction of sp³-hybridized carbons (Fsp3) is 0.136. The fourth-order valence-corrected chi connectivity index (χ4v) is 4.71. The highest BCUT2D eigenvalue weighted by atomic mass is 35.5. The number of methoxy groups -OCH3 is 2. The lowest BCUT2D eigenvalue weighted by atomic mass is 10.2. The summed E-state index contributed by atoms with van der Waals surface area (Å²) in [6.45, 7) is -0.552. The van der Waals surface area contributed by atoms with E-state index in [-0.39, 0.29) is 27.0 Å². The lowest BCUT2D eigenvalue weighted by Crippen LogP contribution is -2.38. The zero-order valence-electron chi connectivity index (χ0n) is 17.2. The van der Waals surface area contributed by atoms with Crippen LogP contribution >= 0.6 is 23.2 Å². The largest absolute Gasteiger partial charge is 0.497 e. The number of hydrogen-bond donors (Lipinski definition) is 1. The molecule has 0 aliphatic rings. The number of amides is 1. The first kappa shape index (κ1) is 23.7. The predicted octanol–water partition coefficient (Wildman–Crippen LogP) is 4.84. The van der Waals surface area contributed by atoms with E-state index >= 15 is 0 Å². The average Bonchev–Trinajstić information content (AvgIpc) is 2.80. The van der Waals surface area contributed by atoms with Gasteiger partial charge in [0, 0.05) is 11.1 Å². The maximum Gasteiger partial charge on any atom is 0.264 e. The summed E-state index contributed by atoms with van der Waals surface area (Å²) >= 11 is 12.1. The van der Waals surface area contributed by atoms with Crippen LogP contribution in [0.2, 0.25) is 10.0 Å². The molecule has 7 nitrogen and oxygen atoms in total. The smallest absolute Gasteiger partial charge is 0.264 e. The van der Waals surface area contributed by atoms with Crippen molar-refractivity contribution in [1.82, 2.24) is 0 Å². The normalized spacial score (nSPS) is 11.0. The first-order valence-electron chi connectivity index (χ1n) is 9.31. The fourth-order valence-electron chi connectivity index (χ4n) is 2.92. The number of anilines is 2. The van der Waals surface area contributed by atoms with Gasteiger partial charge in [0.2, 0.25) is 5.91 Å². The van der Waals surface area contributed by atoms with E-state index in [4.69, 9.17) is 32.7 Å². The van der Waals surface area contributed by atoms with Gasteiger partial charge in [-0.15, -0.1) is 0 Å². The Labute approximate surface area is 196 Å². The third-order valence-electron chi connectivity index (χ3n) is 4.48. The van der Waals surface area contributed by atoms with Gasteiger partial charge < -0.3 is 14.8 Å². The molecule has 3 aromatic carbocycles. The van der Waals surface area contributed by atoms with E-state index in [0.29, 0.717) is 10.8 Å². The van der Waals surface area contributed by atoms with E-state index < -0.39 is 22.5 Å². The van der Waals surface area contributed by atoms with Crippen LogP contribution in [-0.4, -0.2) is 35.1 Å². The highest BCUT2D eigenvalue weighted by Crippen LogP contribution is 2.36. The first-order chi connectivity index (χ1) is 15.3. The highest BCUT2D eigenvalue weighted by Gasteiger charge is 2.30. The molecule has 0 saturated carbocycles. The molecule has 0 atom stereocenters. The van der Waals surface area contributed by atoms with E-state index in [1.807, 2.05) is 0 Å². The van der Waals surface area contributed by atoms with Gasteiger partial charge in [0.15, 0.2) is 0 Å². The van der Waals surface area contributed by atoms with Gasteiger partial charge in [0.05, 0.1) is 35.5 Å². The number of carbonyl (C=O) groups excluding carboxylic acids is 1. The van der Waals surface area contributed by atoms with Crippen LogP contribution in [0.3, 0.4) is 0 Å². The molecule has 1 N–H and O–H groups in total. The second-order valence-corrected chi connectivity index (χ2v) is 9.24. The van der Waals surface area contributed by atoms with Crippen molar-refractivity contribution in [3.63, 3.8) is 0 Å². The second-order valence-electron chi connectivity index (χ2n) is 6.53. The quantitative estimate of drug-likeness (QED) is 0.483. The van der Waals surface area contributed by atoms with Crippen molar-refractivity contribution in [2.24, 2.45) is 0 Å². The third kappa shape index (κ3) is 5.27. The number of hydrogen-bond acceptors (Lipinski definition) is 5. The van der Waals surface area contributed by atoms with Crippen molar-refractivity contribution >= 4 is 50.5 Å². The Morgan fingerprint density at radius 3 is 2.34 bits per heavy atom. The molecule has 0 aliphatic heterocycles. The number of benzene rings is 3. The van der Waals surface area contributed by atoms with Crippen LogP contribution < -0.4 is 19.1 Å². The van der Waals surface area contributed by atoms with Crippen LogP contribution in [0.1, 0.15) is 0 Å². The van der Waals surface area contributed by atoms with E-state index in [1.165, 1.54) is 44.6 Å². The number of rotatable bonds is 8. The second kappa shape index (κ2) is 10.1. The maximum absolute atomic E-state index is 13.5. The van der Waals surface area contributed by atoms with Gasteiger partial charge in [0.25, 0.3) is 10.0 Å². The van der Waals surface area contributed by atoms with Gasteiger partial charge in [-0.2, -0.15) is 0 Å². The molecule has 10 heteroatoms. The summed E-state index contributed by atoms with van der Waals surface area (Å²) in [6, 6.07) is 17.0. The molecule has 32 heavy (non-hydrogen) atoms. The monoisotopic (exact) mass is 494 g/mol. The number of carbonyl (C=O) groups is 1. The van der Waals surface area contributed by atoms with Crippen molar-refractivity contribution < 1.29 is 22.7 Å². The van der Waals surface area contributed by atoms with Crippen molar-refractivity contribution in [1.29, 1.82) is 0 Å². The lowest BCUT2D eigenvalue weighted by Gasteiger charge is -2.26. The van der Waals surface area contributed by atoms with E-state index in [1.54, 1.807) is 36.4 Å². The molecule has 3 aromatic rings. The molecule has 0 radical (unpaired) electrons. The van der Waals surface area contributed by atoms with Crippen LogP contribution in [-0.2, 0) is 14.8 Å². The molecule has 0 heterocycles. The topological polar surface area (TPSA) is 84.9 Å². The van der Waals surface area contributed by atoms with Crippen molar-refractivity contribution in [2.45, 2.75) is 4.90 Å². The van der Waals surface area contributed by atoms with Gasteiger partial charge in [-0.25, -0.2) is 8.42 Å².